The maximum absolute atomic E-state index is 11.9. The van der Waals surface area contributed by atoms with Crippen molar-refractivity contribution in [1.82, 2.24) is 5.32 Å². The quantitative estimate of drug-likeness (QED) is 0.634. The molecule has 0 unspecified atom stereocenters. The van der Waals surface area contributed by atoms with Crippen molar-refractivity contribution in [3.63, 3.8) is 0 Å². The number of hydrogen-bond acceptors (Lipinski definition) is 3. The van der Waals surface area contributed by atoms with Gasteiger partial charge in [0.25, 0.3) is 0 Å². The first-order chi connectivity index (χ1) is 11.3. The molecule has 1 aromatic carbocycles. The van der Waals surface area contributed by atoms with E-state index >= 15 is 0 Å². The standard InChI is InChI=1S/C20H25NO2/c22-19-14-18(16-11-4-5-12-17(16)20(19)23)21-13-7-6-10-15-8-2-1-3-9-15/h4-5,11-12,14-15,21H,1-3,6-10,13H2. The highest BCUT2D eigenvalue weighted by atomic mass is 16.2. The summed E-state index contributed by atoms with van der Waals surface area (Å²) in [6.45, 7) is 0.856. The van der Waals surface area contributed by atoms with E-state index in [1.165, 1.54) is 51.0 Å². The van der Waals surface area contributed by atoms with E-state index in [4.69, 9.17) is 0 Å². The smallest absolute Gasteiger partial charge is 0.233 e. The highest BCUT2D eigenvalue weighted by Crippen LogP contribution is 2.28. The first-order valence-corrected chi connectivity index (χ1v) is 8.89. The maximum atomic E-state index is 11.9. The van der Waals surface area contributed by atoms with Gasteiger partial charge >= 0.3 is 0 Å². The summed E-state index contributed by atoms with van der Waals surface area (Å²) in [4.78, 5) is 23.7. The van der Waals surface area contributed by atoms with Crippen molar-refractivity contribution >= 4 is 17.3 Å². The van der Waals surface area contributed by atoms with Crippen LogP contribution in [0.25, 0.3) is 5.70 Å². The summed E-state index contributed by atoms with van der Waals surface area (Å²) in [6.07, 6.45) is 12.2. The van der Waals surface area contributed by atoms with Gasteiger partial charge in [-0.1, -0.05) is 69.2 Å². The summed E-state index contributed by atoms with van der Waals surface area (Å²) in [5.74, 6) is 0.106. The number of rotatable bonds is 6. The SMILES string of the molecule is O=C1C=C(NCCCCC2CCCCC2)c2ccccc2C1=O. The second-order valence-electron chi connectivity index (χ2n) is 6.72. The molecule has 0 spiro atoms. The third-order valence-corrected chi connectivity index (χ3v) is 5.04. The molecule has 3 rings (SSSR count). The zero-order valence-corrected chi connectivity index (χ0v) is 13.6. The van der Waals surface area contributed by atoms with Crippen LogP contribution in [0, 0.1) is 5.92 Å². The molecular weight excluding hydrogens is 286 g/mol. The lowest BCUT2D eigenvalue weighted by atomic mass is 9.86. The summed E-state index contributed by atoms with van der Waals surface area (Å²) in [5, 5.41) is 3.35. The van der Waals surface area contributed by atoms with Crippen molar-refractivity contribution in [2.24, 2.45) is 5.92 Å². The second-order valence-corrected chi connectivity index (χ2v) is 6.72. The summed E-state index contributed by atoms with van der Waals surface area (Å²) < 4.78 is 0. The van der Waals surface area contributed by atoms with Crippen molar-refractivity contribution in [3.8, 4) is 0 Å². The average Bonchev–Trinajstić information content (AvgIpc) is 2.60. The summed E-state index contributed by atoms with van der Waals surface area (Å²) in [7, 11) is 0. The Morgan fingerprint density at radius 3 is 2.48 bits per heavy atom. The Balaban J connectivity index is 1.49. The first kappa shape index (κ1) is 16.0. The number of carbonyl (C=O) groups excluding carboxylic acids is 2. The van der Waals surface area contributed by atoms with Crippen LogP contribution < -0.4 is 5.32 Å². The van der Waals surface area contributed by atoms with E-state index in [1.54, 1.807) is 12.1 Å². The zero-order valence-electron chi connectivity index (χ0n) is 13.6. The van der Waals surface area contributed by atoms with Gasteiger partial charge in [-0.15, -0.1) is 0 Å². The first-order valence-electron chi connectivity index (χ1n) is 8.89. The molecular formula is C20H25NO2. The third-order valence-electron chi connectivity index (χ3n) is 5.04. The molecule has 0 aromatic heterocycles. The predicted molar refractivity (Wildman–Crippen MR) is 92.2 cm³/mol. The molecule has 3 heteroatoms. The fourth-order valence-electron chi connectivity index (χ4n) is 3.73. The van der Waals surface area contributed by atoms with Crippen molar-refractivity contribution in [3.05, 3.63) is 41.5 Å². The molecule has 1 N–H and O–H groups in total. The van der Waals surface area contributed by atoms with E-state index in [1.807, 2.05) is 12.1 Å². The predicted octanol–water partition coefficient (Wildman–Crippen LogP) is 4.13. The minimum absolute atomic E-state index is 0.400. The van der Waals surface area contributed by atoms with Crippen LogP contribution in [-0.2, 0) is 4.79 Å². The fourth-order valence-corrected chi connectivity index (χ4v) is 3.73. The van der Waals surface area contributed by atoms with Crippen LogP contribution >= 0.6 is 0 Å². The molecule has 0 atom stereocenters. The Kier molecular flexibility index (Phi) is 5.27. The molecule has 0 aliphatic heterocycles. The van der Waals surface area contributed by atoms with E-state index in [2.05, 4.69) is 5.32 Å². The lowest BCUT2D eigenvalue weighted by molar-refractivity contribution is -0.111. The number of ketones is 2. The zero-order chi connectivity index (χ0) is 16.1. The van der Waals surface area contributed by atoms with Crippen LogP contribution in [0.4, 0.5) is 0 Å². The molecule has 122 valence electrons. The monoisotopic (exact) mass is 311 g/mol. The van der Waals surface area contributed by atoms with Crippen molar-refractivity contribution in [2.45, 2.75) is 51.4 Å². The maximum Gasteiger partial charge on any atom is 0.233 e. The Morgan fingerprint density at radius 1 is 0.957 bits per heavy atom. The van der Waals surface area contributed by atoms with E-state index in [0.717, 1.165) is 30.1 Å². The Labute approximate surface area is 138 Å². The second kappa shape index (κ2) is 7.58. The van der Waals surface area contributed by atoms with Gasteiger partial charge in [0.05, 0.1) is 0 Å². The fraction of sp³-hybridized carbons (Fsp3) is 0.500. The number of benzene rings is 1. The molecule has 0 bridgehead atoms. The largest absolute Gasteiger partial charge is 0.384 e. The number of hydrogen-bond donors (Lipinski definition) is 1. The Morgan fingerprint density at radius 2 is 1.70 bits per heavy atom. The van der Waals surface area contributed by atoms with Crippen LogP contribution in [-0.4, -0.2) is 18.1 Å². The van der Waals surface area contributed by atoms with E-state index in [0.29, 0.717) is 5.56 Å². The minimum Gasteiger partial charge on any atom is -0.384 e. The van der Waals surface area contributed by atoms with Gasteiger partial charge in [0.15, 0.2) is 0 Å². The van der Waals surface area contributed by atoms with Gasteiger partial charge in [-0.2, -0.15) is 0 Å². The molecule has 0 radical (unpaired) electrons. The Bertz CT molecular complexity index is 612. The number of fused-ring (bicyclic) bond motifs is 1. The van der Waals surface area contributed by atoms with Gasteiger partial charge in [-0.3, -0.25) is 9.59 Å². The molecule has 2 aliphatic carbocycles. The third kappa shape index (κ3) is 3.90. The van der Waals surface area contributed by atoms with Crippen LogP contribution in [0.3, 0.4) is 0 Å². The molecule has 1 aromatic rings. The number of Topliss-reactive ketones (excluding diaryl/α,β-unsaturated/α-hetero) is 1. The number of allylic oxidation sites excluding steroid dienone is 1. The molecule has 3 nitrogen and oxygen atoms in total. The molecule has 0 amide bonds. The lowest BCUT2D eigenvalue weighted by Crippen LogP contribution is -2.25. The van der Waals surface area contributed by atoms with E-state index < -0.39 is 11.6 Å². The van der Waals surface area contributed by atoms with Crippen molar-refractivity contribution in [2.75, 3.05) is 6.54 Å². The van der Waals surface area contributed by atoms with Crippen LogP contribution in [0.2, 0.25) is 0 Å². The topological polar surface area (TPSA) is 46.2 Å². The van der Waals surface area contributed by atoms with Gasteiger partial charge in [0, 0.05) is 29.4 Å². The number of nitrogens with one attached hydrogen (secondary N) is 1. The van der Waals surface area contributed by atoms with E-state index in [9.17, 15) is 9.59 Å². The summed E-state index contributed by atoms with van der Waals surface area (Å²) in [5.41, 5.74) is 2.16. The van der Waals surface area contributed by atoms with Gasteiger partial charge in [0.2, 0.25) is 11.6 Å². The van der Waals surface area contributed by atoms with Gasteiger partial charge in [-0.25, -0.2) is 0 Å². The molecule has 2 aliphatic rings. The highest BCUT2D eigenvalue weighted by Gasteiger charge is 2.24. The summed E-state index contributed by atoms with van der Waals surface area (Å²) >= 11 is 0. The Hall–Kier alpha value is -1.90. The lowest BCUT2D eigenvalue weighted by Gasteiger charge is -2.21. The number of carbonyl (C=O) groups is 2. The average molecular weight is 311 g/mol. The van der Waals surface area contributed by atoms with Crippen LogP contribution in [0.1, 0.15) is 67.3 Å². The van der Waals surface area contributed by atoms with Gasteiger partial charge < -0.3 is 5.32 Å². The molecule has 23 heavy (non-hydrogen) atoms. The minimum atomic E-state index is -0.423. The van der Waals surface area contributed by atoms with E-state index in [-0.39, 0.29) is 0 Å². The van der Waals surface area contributed by atoms with Crippen LogP contribution in [0.5, 0.6) is 0 Å². The highest BCUT2D eigenvalue weighted by molar-refractivity contribution is 6.50. The van der Waals surface area contributed by atoms with Crippen molar-refractivity contribution < 1.29 is 9.59 Å². The molecule has 0 saturated heterocycles. The van der Waals surface area contributed by atoms with Gasteiger partial charge in [0.1, 0.15) is 0 Å². The normalized spacial score (nSPS) is 18.5. The molecule has 1 fully saturated rings. The number of unbranched alkanes of at least 4 members (excludes halogenated alkanes) is 1. The summed E-state index contributed by atoms with van der Waals surface area (Å²) in [6, 6.07) is 7.34. The molecule has 0 heterocycles. The van der Waals surface area contributed by atoms with Crippen LogP contribution in [0.15, 0.2) is 30.3 Å². The molecule has 1 saturated carbocycles. The van der Waals surface area contributed by atoms with Crippen molar-refractivity contribution in [1.29, 1.82) is 0 Å². The van der Waals surface area contributed by atoms with Gasteiger partial charge in [-0.05, 0) is 12.3 Å².